The summed E-state index contributed by atoms with van der Waals surface area (Å²) >= 11 is 6.37. The van der Waals surface area contributed by atoms with Gasteiger partial charge in [0.2, 0.25) is 0 Å². The first-order valence-electron chi connectivity index (χ1n) is 6.47. The Hall–Kier alpha value is -1.38. The van der Waals surface area contributed by atoms with Crippen LogP contribution in [-0.4, -0.2) is 12.0 Å². The van der Waals surface area contributed by atoms with Crippen molar-refractivity contribution in [3.8, 4) is 0 Å². The van der Waals surface area contributed by atoms with E-state index in [0.717, 1.165) is 16.3 Å². The zero-order valence-corrected chi connectivity index (χ0v) is 12.3. The fourth-order valence-electron chi connectivity index (χ4n) is 2.38. The molecule has 0 aliphatic rings. The van der Waals surface area contributed by atoms with E-state index in [1.807, 2.05) is 38.4 Å². The Bertz CT molecular complexity index is 540. The van der Waals surface area contributed by atoms with E-state index in [9.17, 15) is 0 Å². The number of hydrogen-bond acceptors (Lipinski definition) is 2. The third kappa shape index (κ3) is 3.14. The van der Waals surface area contributed by atoms with Gasteiger partial charge in [-0.15, -0.1) is 0 Å². The fourth-order valence-corrected chi connectivity index (χ4v) is 2.73. The number of hydrogen-bond donors (Lipinski definition) is 1. The molecule has 2 atom stereocenters. The molecule has 3 heteroatoms. The van der Waals surface area contributed by atoms with Crippen LogP contribution in [0.2, 0.25) is 5.02 Å². The molecule has 1 aromatic carbocycles. The Labute approximate surface area is 119 Å². The predicted octanol–water partition coefficient (Wildman–Crippen LogP) is 4.11. The average molecular weight is 275 g/mol. The first kappa shape index (κ1) is 14.0. The van der Waals surface area contributed by atoms with Gasteiger partial charge in [0.15, 0.2) is 0 Å². The zero-order chi connectivity index (χ0) is 13.8. The molecule has 2 nitrogen and oxygen atoms in total. The standard InChI is InChI=1S/C16H19ClN2/c1-11-7-8-13(14(17)10-11)16(18-3)12(2)15-6-4-5-9-19-15/h4-10,12,16,18H,1-3H3. The molecule has 0 aliphatic carbocycles. The molecule has 0 spiro atoms. The van der Waals surface area contributed by atoms with Crippen LogP contribution in [0.4, 0.5) is 0 Å². The van der Waals surface area contributed by atoms with Gasteiger partial charge in [-0.1, -0.05) is 36.7 Å². The fraction of sp³-hybridized carbons (Fsp3) is 0.312. The highest BCUT2D eigenvalue weighted by Crippen LogP contribution is 2.33. The minimum atomic E-state index is 0.156. The highest BCUT2D eigenvalue weighted by Gasteiger charge is 2.22. The van der Waals surface area contributed by atoms with Crippen molar-refractivity contribution in [1.82, 2.24) is 10.3 Å². The number of halogens is 1. The molecule has 2 rings (SSSR count). The summed E-state index contributed by atoms with van der Waals surface area (Å²) < 4.78 is 0. The highest BCUT2D eigenvalue weighted by atomic mass is 35.5. The summed E-state index contributed by atoms with van der Waals surface area (Å²) in [5.74, 6) is 0.256. The number of aromatic nitrogens is 1. The number of pyridine rings is 1. The molecule has 100 valence electrons. The van der Waals surface area contributed by atoms with E-state index < -0.39 is 0 Å². The van der Waals surface area contributed by atoms with Gasteiger partial charge >= 0.3 is 0 Å². The topological polar surface area (TPSA) is 24.9 Å². The van der Waals surface area contributed by atoms with Crippen LogP contribution < -0.4 is 5.32 Å². The lowest BCUT2D eigenvalue weighted by Gasteiger charge is -2.24. The monoisotopic (exact) mass is 274 g/mol. The molecule has 1 heterocycles. The first-order chi connectivity index (χ1) is 9.13. The maximum atomic E-state index is 6.37. The summed E-state index contributed by atoms with van der Waals surface area (Å²) in [7, 11) is 1.96. The second-order valence-electron chi connectivity index (χ2n) is 4.83. The Kier molecular flexibility index (Phi) is 4.56. The molecule has 0 saturated carbocycles. The van der Waals surface area contributed by atoms with Crippen molar-refractivity contribution in [2.45, 2.75) is 25.8 Å². The number of benzene rings is 1. The second kappa shape index (κ2) is 6.18. The quantitative estimate of drug-likeness (QED) is 0.908. The van der Waals surface area contributed by atoms with Crippen molar-refractivity contribution in [2.24, 2.45) is 0 Å². The lowest BCUT2D eigenvalue weighted by molar-refractivity contribution is 0.499. The van der Waals surface area contributed by atoms with Crippen LogP contribution in [-0.2, 0) is 0 Å². The van der Waals surface area contributed by atoms with Crippen molar-refractivity contribution in [3.63, 3.8) is 0 Å². The van der Waals surface area contributed by atoms with Gasteiger partial charge in [0, 0.05) is 28.9 Å². The number of nitrogens with zero attached hydrogens (tertiary/aromatic N) is 1. The number of likely N-dealkylation sites (N-methyl/N-ethyl adjacent to an activating group) is 1. The third-order valence-electron chi connectivity index (χ3n) is 3.46. The van der Waals surface area contributed by atoms with Crippen LogP contribution in [0.5, 0.6) is 0 Å². The van der Waals surface area contributed by atoms with Gasteiger partial charge in [-0.3, -0.25) is 4.98 Å². The number of nitrogens with one attached hydrogen (secondary N) is 1. The number of aryl methyl sites for hydroxylation is 1. The summed E-state index contributed by atoms with van der Waals surface area (Å²) in [4.78, 5) is 4.44. The molecule has 19 heavy (non-hydrogen) atoms. The van der Waals surface area contributed by atoms with Crippen molar-refractivity contribution >= 4 is 11.6 Å². The molecule has 0 radical (unpaired) electrons. The largest absolute Gasteiger partial charge is 0.312 e. The van der Waals surface area contributed by atoms with Gasteiger partial charge in [0.25, 0.3) is 0 Å². The molecule has 1 aromatic heterocycles. The Morgan fingerprint density at radius 3 is 2.58 bits per heavy atom. The molecule has 2 unspecified atom stereocenters. The summed E-state index contributed by atoms with van der Waals surface area (Å²) in [5.41, 5.74) is 3.36. The van der Waals surface area contributed by atoms with Crippen LogP contribution in [0, 0.1) is 6.92 Å². The Morgan fingerprint density at radius 2 is 2.00 bits per heavy atom. The summed E-state index contributed by atoms with van der Waals surface area (Å²) in [6, 6.07) is 12.4. The van der Waals surface area contributed by atoms with Crippen molar-refractivity contribution in [1.29, 1.82) is 0 Å². The van der Waals surface area contributed by atoms with Crippen molar-refractivity contribution < 1.29 is 0 Å². The summed E-state index contributed by atoms with van der Waals surface area (Å²) in [6.07, 6.45) is 1.83. The average Bonchev–Trinajstić information content (AvgIpc) is 2.42. The van der Waals surface area contributed by atoms with Crippen LogP contribution in [0.15, 0.2) is 42.6 Å². The predicted molar refractivity (Wildman–Crippen MR) is 80.6 cm³/mol. The molecule has 0 bridgehead atoms. The lowest BCUT2D eigenvalue weighted by Crippen LogP contribution is -2.23. The van der Waals surface area contributed by atoms with Crippen LogP contribution >= 0.6 is 11.6 Å². The SMILES string of the molecule is CNC(c1ccc(C)cc1Cl)C(C)c1ccccn1. The van der Waals surface area contributed by atoms with E-state index in [1.165, 1.54) is 5.56 Å². The van der Waals surface area contributed by atoms with Gasteiger partial charge in [0.05, 0.1) is 0 Å². The van der Waals surface area contributed by atoms with Gasteiger partial charge in [0.1, 0.15) is 0 Å². The molecule has 2 aromatic rings. The summed E-state index contributed by atoms with van der Waals surface area (Å²) in [6.45, 7) is 4.21. The van der Waals surface area contributed by atoms with E-state index >= 15 is 0 Å². The van der Waals surface area contributed by atoms with Crippen LogP contribution in [0.1, 0.15) is 35.7 Å². The molecule has 0 saturated heterocycles. The Balaban J connectivity index is 2.34. The third-order valence-corrected chi connectivity index (χ3v) is 3.78. The maximum absolute atomic E-state index is 6.37. The maximum Gasteiger partial charge on any atom is 0.0456 e. The summed E-state index contributed by atoms with van der Waals surface area (Å²) in [5, 5.41) is 4.16. The smallest absolute Gasteiger partial charge is 0.0456 e. The van der Waals surface area contributed by atoms with E-state index in [2.05, 4.69) is 35.4 Å². The van der Waals surface area contributed by atoms with Crippen molar-refractivity contribution in [3.05, 3.63) is 64.4 Å². The first-order valence-corrected chi connectivity index (χ1v) is 6.85. The minimum Gasteiger partial charge on any atom is -0.312 e. The van der Waals surface area contributed by atoms with Crippen LogP contribution in [0.25, 0.3) is 0 Å². The molecule has 0 aliphatic heterocycles. The molecular weight excluding hydrogens is 256 g/mol. The van der Waals surface area contributed by atoms with Gasteiger partial charge in [-0.05, 0) is 43.3 Å². The van der Waals surface area contributed by atoms with Gasteiger partial charge in [-0.25, -0.2) is 0 Å². The van der Waals surface area contributed by atoms with Crippen LogP contribution in [0.3, 0.4) is 0 Å². The zero-order valence-electron chi connectivity index (χ0n) is 11.5. The molecular formula is C16H19ClN2. The molecule has 1 N–H and O–H groups in total. The van der Waals surface area contributed by atoms with E-state index in [4.69, 9.17) is 11.6 Å². The van der Waals surface area contributed by atoms with E-state index in [-0.39, 0.29) is 12.0 Å². The number of rotatable bonds is 4. The van der Waals surface area contributed by atoms with E-state index in [1.54, 1.807) is 0 Å². The van der Waals surface area contributed by atoms with E-state index in [0.29, 0.717) is 0 Å². The lowest BCUT2D eigenvalue weighted by atomic mass is 9.91. The minimum absolute atomic E-state index is 0.156. The Morgan fingerprint density at radius 1 is 1.21 bits per heavy atom. The van der Waals surface area contributed by atoms with Gasteiger partial charge in [-0.2, -0.15) is 0 Å². The van der Waals surface area contributed by atoms with Crippen molar-refractivity contribution in [2.75, 3.05) is 7.05 Å². The molecule has 0 amide bonds. The van der Waals surface area contributed by atoms with Gasteiger partial charge < -0.3 is 5.32 Å². The highest BCUT2D eigenvalue weighted by molar-refractivity contribution is 6.31. The normalized spacial score (nSPS) is 14.1. The molecule has 0 fully saturated rings. The second-order valence-corrected chi connectivity index (χ2v) is 5.24.